The van der Waals surface area contributed by atoms with E-state index in [1.807, 2.05) is 0 Å². The van der Waals surface area contributed by atoms with Gasteiger partial charge in [0.25, 0.3) is 0 Å². The van der Waals surface area contributed by atoms with Crippen LogP contribution in [0.3, 0.4) is 0 Å². The molecule has 0 saturated heterocycles. The number of aliphatic hydroxyl groups is 1. The summed E-state index contributed by atoms with van der Waals surface area (Å²) in [6.07, 6.45) is 62.6. The van der Waals surface area contributed by atoms with E-state index < -0.39 is 6.10 Å². The van der Waals surface area contributed by atoms with Gasteiger partial charge in [0.05, 0.1) is 6.61 Å². The molecule has 0 rings (SSSR count). The van der Waals surface area contributed by atoms with Crippen molar-refractivity contribution in [1.29, 1.82) is 0 Å². The summed E-state index contributed by atoms with van der Waals surface area (Å²) >= 11 is 0. The molecule has 0 aromatic heterocycles. The minimum atomic E-state index is -0.780. The second-order valence-corrected chi connectivity index (χ2v) is 15.4. The molecular formula is C51H88O5. The zero-order chi connectivity index (χ0) is 40.7. The molecule has 0 aliphatic carbocycles. The van der Waals surface area contributed by atoms with Gasteiger partial charge < -0.3 is 14.6 Å². The molecule has 0 spiro atoms. The number of allylic oxidation sites excluding steroid dienone is 12. The Morgan fingerprint density at radius 2 is 0.768 bits per heavy atom. The van der Waals surface area contributed by atoms with Gasteiger partial charge in [-0.3, -0.25) is 9.59 Å². The summed E-state index contributed by atoms with van der Waals surface area (Å²) in [4.78, 5) is 24.4. The van der Waals surface area contributed by atoms with Crippen molar-refractivity contribution in [2.45, 2.75) is 225 Å². The zero-order valence-corrected chi connectivity index (χ0v) is 36.6. The molecule has 0 saturated carbocycles. The molecule has 1 atom stereocenters. The highest BCUT2D eigenvalue weighted by Crippen LogP contribution is 2.14. The van der Waals surface area contributed by atoms with Crippen molar-refractivity contribution >= 4 is 11.9 Å². The normalized spacial score (nSPS) is 12.8. The summed E-state index contributed by atoms with van der Waals surface area (Å²) in [7, 11) is 0. The van der Waals surface area contributed by atoms with Crippen LogP contribution in [0.2, 0.25) is 0 Å². The molecule has 5 nitrogen and oxygen atoms in total. The minimum Gasteiger partial charge on any atom is -0.462 e. The van der Waals surface area contributed by atoms with Crippen molar-refractivity contribution in [3.63, 3.8) is 0 Å². The maximum atomic E-state index is 12.2. The monoisotopic (exact) mass is 781 g/mol. The summed E-state index contributed by atoms with van der Waals surface area (Å²) in [6.45, 7) is 4.02. The van der Waals surface area contributed by atoms with Gasteiger partial charge in [-0.1, -0.05) is 196 Å². The molecule has 1 unspecified atom stereocenters. The molecule has 5 heteroatoms. The number of esters is 2. The molecule has 0 radical (unpaired) electrons. The van der Waals surface area contributed by atoms with E-state index >= 15 is 0 Å². The van der Waals surface area contributed by atoms with E-state index in [-0.39, 0.29) is 25.2 Å². The maximum Gasteiger partial charge on any atom is 0.306 e. The zero-order valence-electron chi connectivity index (χ0n) is 36.6. The van der Waals surface area contributed by atoms with Gasteiger partial charge in [0.2, 0.25) is 0 Å². The summed E-state index contributed by atoms with van der Waals surface area (Å²) in [6, 6.07) is 0. The van der Waals surface area contributed by atoms with E-state index in [0.29, 0.717) is 12.8 Å². The summed E-state index contributed by atoms with van der Waals surface area (Å²) in [5, 5.41) is 9.60. The van der Waals surface area contributed by atoms with Crippen molar-refractivity contribution in [2.24, 2.45) is 0 Å². The molecule has 0 aliphatic rings. The molecule has 1 N–H and O–H groups in total. The number of hydrogen-bond acceptors (Lipinski definition) is 5. The van der Waals surface area contributed by atoms with Gasteiger partial charge in [-0.25, -0.2) is 0 Å². The number of unbranched alkanes of at least 4 members (excludes halogenated alkanes) is 22. The Hall–Kier alpha value is -2.66. The van der Waals surface area contributed by atoms with Gasteiger partial charge in [-0.2, -0.15) is 0 Å². The minimum absolute atomic E-state index is 0.0726. The number of hydrogen-bond donors (Lipinski definition) is 1. The smallest absolute Gasteiger partial charge is 0.306 e. The molecule has 0 bridgehead atoms. The first-order valence-corrected chi connectivity index (χ1v) is 23.5. The molecular weight excluding hydrogens is 693 g/mol. The van der Waals surface area contributed by atoms with Gasteiger partial charge in [0, 0.05) is 12.8 Å². The Morgan fingerprint density at radius 1 is 0.429 bits per heavy atom. The van der Waals surface area contributed by atoms with Gasteiger partial charge in [-0.15, -0.1) is 0 Å². The molecule has 0 fully saturated rings. The first-order chi connectivity index (χ1) is 27.6. The second-order valence-electron chi connectivity index (χ2n) is 15.4. The first kappa shape index (κ1) is 53.3. The molecule has 0 amide bonds. The Balaban J connectivity index is 3.56. The Morgan fingerprint density at radius 3 is 1.18 bits per heavy atom. The van der Waals surface area contributed by atoms with Crippen LogP contribution in [0.15, 0.2) is 72.9 Å². The third-order valence-corrected chi connectivity index (χ3v) is 9.98. The number of carbonyl (C=O) groups excluding carboxylic acids is 2. The Labute approximate surface area is 346 Å². The molecule has 0 heterocycles. The van der Waals surface area contributed by atoms with Crippen molar-refractivity contribution in [1.82, 2.24) is 0 Å². The van der Waals surface area contributed by atoms with E-state index in [0.717, 1.165) is 70.6 Å². The average Bonchev–Trinajstić information content (AvgIpc) is 3.20. The largest absolute Gasteiger partial charge is 0.462 e. The summed E-state index contributed by atoms with van der Waals surface area (Å²) in [5.74, 6) is -0.602. The molecule has 0 aromatic rings. The van der Waals surface area contributed by atoms with E-state index in [1.54, 1.807) is 0 Å². The van der Waals surface area contributed by atoms with Gasteiger partial charge in [0.15, 0.2) is 6.10 Å². The van der Waals surface area contributed by atoms with E-state index in [4.69, 9.17) is 9.47 Å². The summed E-state index contributed by atoms with van der Waals surface area (Å²) < 4.78 is 10.7. The quantitative estimate of drug-likeness (QED) is 0.0379. The molecule has 322 valence electrons. The van der Waals surface area contributed by atoms with Gasteiger partial charge >= 0.3 is 11.9 Å². The fourth-order valence-corrected chi connectivity index (χ4v) is 6.46. The van der Waals surface area contributed by atoms with Crippen LogP contribution < -0.4 is 0 Å². The van der Waals surface area contributed by atoms with Crippen LogP contribution in [0.4, 0.5) is 0 Å². The van der Waals surface area contributed by atoms with E-state index in [9.17, 15) is 14.7 Å². The third-order valence-electron chi connectivity index (χ3n) is 9.98. The fourth-order valence-electron chi connectivity index (χ4n) is 6.46. The fraction of sp³-hybridized carbons (Fsp3) is 0.725. The standard InChI is InChI=1S/C51H88O5/c1-3-5-7-9-11-13-15-17-19-21-22-23-24-25-26-27-28-30-32-34-36-38-40-42-44-46-51(54)56-49(47-52)48-55-50(53)45-43-41-39-37-35-33-31-29-20-18-16-14-12-10-8-6-4-2/h5,7,11,13,17-20,22-23,25-26,49,52H,3-4,6,8-10,12,14-16,21,24,27-48H2,1-2H3/b7-5-,13-11-,19-17-,20-18-,23-22-,26-25-. The van der Waals surface area contributed by atoms with Crippen LogP contribution in [-0.4, -0.2) is 36.4 Å². The average molecular weight is 781 g/mol. The highest BCUT2D eigenvalue weighted by Gasteiger charge is 2.16. The van der Waals surface area contributed by atoms with Crippen LogP contribution >= 0.6 is 0 Å². The number of rotatable bonds is 42. The Kier molecular flexibility index (Phi) is 44.5. The highest BCUT2D eigenvalue weighted by molar-refractivity contribution is 5.70. The lowest BCUT2D eigenvalue weighted by molar-refractivity contribution is -0.161. The van der Waals surface area contributed by atoms with Crippen LogP contribution in [0, 0.1) is 0 Å². The topological polar surface area (TPSA) is 72.8 Å². The van der Waals surface area contributed by atoms with Crippen LogP contribution in [0.1, 0.15) is 219 Å². The van der Waals surface area contributed by atoms with Crippen LogP contribution in [0.25, 0.3) is 0 Å². The van der Waals surface area contributed by atoms with Crippen molar-refractivity contribution in [2.75, 3.05) is 13.2 Å². The van der Waals surface area contributed by atoms with Crippen LogP contribution in [-0.2, 0) is 19.1 Å². The maximum absolute atomic E-state index is 12.2. The lowest BCUT2D eigenvalue weighted by Crippen LogP contribution is -2.28. The SMILES string of the molecule is CC/C=C\C/C=C\C/C=C\C/C=C\C/C=C\CCCCCCCCCCCC(=O)OC(CO)COC(=O)CCCCCCCCC/C=C\CCCCCCCC. The van der Waals surface area contributed by atoms with E-state index in [2.05, 4.69) is 86.8 Å². The lowest BCUT2D eigenvalue weighted by atomic mass is 10.1. The lowest BCUT2D eigenvalue weighted by Gasteiger charge is -2.15. The van der Waals surface area contributed by atoms with Gasteiger partial charge in [0.1, 0.15) is 6.61 Å². The second kappa shape index (κ2) is 46.7. The number of carbonyl (C=O) groups is 2. The van der Waals surface area contributed by atoms with Crippen molar-refractivity contribution in [3.05, 3.63) is 72.9 Å². The van der Waals surface area contributed by atoms with E-state index in [1.165, 1.54) is 122 Å². The number of ether oxygens (including phenoxy) is 2. The van der Waals surface area contributed by atoms with Crippen molar-refractivity contribution < 1.29 is 24.2 Å². The van der Waals surface area contributed by atoms with Crippen molar-refractivity contribution in [3.8, 4) is 0 Å². The molecule has 0 aromatic carbocycles. The Bertz CT molecular complexity index is 1020. The predicted molar refractivity (Wildman–Crippen MR) is 242 cm³/mol. The predicted octanol–water partition coefficient (Wildman–Crippen LogP) is 15.3. The van der Waals surface area contributed by atoms with Crippen LogP contribution in [0.5, 0.6) is 0 Å². The number of aliphatic hydroxyl groups excluding tert-OH is 1. The highest BCUT2D eigenvalue weighted by atomic mass is 16.6. The first-order valence-electron chi connectivity index (χ1n) is 23.5. The molecule has 0 aliphatic heterocycles. The summed E-state index contributed by atoms with van der Waals surface area (Å²) in [5.41, 5.74) is 0. The van der Waals surface area contributed by atoms with Gasteiger partial charge in [-0.05, 0) is 83.5 Å². The third kappa shape index (κ3) is 44.1. The molecule has 56 heavy (non-hydrogen) atoms.